The Kier molecular flexibility index (Phi) is 11.4. The van der Waals surface area contributed by atoms with Crippen LogP contribution in [0.25, 0.3) is 5.70 Å². The Bertz CT molecular complexity index is 1120. The summed E-state index contributed by atoms with van der Waals surface area (Å²) in [5.41, 5.74) is 7.55. The van der Waals surface area contributed by atoms with Crippen molar-refractivity contribution in [3.8, 4) is 0 Å². The molecule has 0 amide bonds. The first-order chi connectivity index (χ1) is 18.2. The van der Waals surface area contributed by atoms with Crippen molar-refractivity contribution < 1.29 is 31.3 Å². The van der Waals surface area contributed by atoms with Crippen LogP contribution in [-0.2, 0) is 9.47 Å². The predicted molar refractivity (Wildman–Crippen MR) is 146 cm³/mol. The number of hydrogen-bond donors (Lipinski definition) is 0. The molecule has 0 saturated carbocycles. The third-order valence-electron chi connectivity index (χ3n) is 6.13. The molecule has 0 spiro atoms. The Morgan fingerprint density at radius 1 is 0.737 bits per heavy atom. The maximum absolute atomic E-state index is 9.75. The number of nitrogens with zero attached hydrogens (tertiary/aromatic N) is 2. The van der Waals surface area contributed by atoms with Crippen molar-refractivity contribution >= 4 is 18.7 Å². The zero-order valence-corrected chi connectivity index (χ0v) is 22.0. The Balaban J connectivity index is 0.000000732. The Labute approximate surface area is 222 Å². The fourth-order valence-electron chi connectivity index (χ4n) is 4.18. The molecule has 2 heterocycles. The first-order valence-corrected chi connectivity index (χ1v) is 12.8. The fraction of sp³-hybridized carbons (Fsp3) is 0.345. The third-order valence-corrected chi connectivity index (χ3v) is 6.13. The van der Waals surface area contributed by atoms with Gasteiger partial charge in [0.05, 0.1) is 13.2 Å². The summed E-state index contributed by atoms with van der Waals surface area (Å²) in [6.45, 7) is 11.1. The van der Waals surface area contributed by atoms with Crippen molar-refractivity contribution in [1.82, 2.24) is 4.90 Å². The molecule has 2 aromatic rings. The van der Waals surface area contributed by atoms with Gasteiger partial charge < -0.3 is 31.6 Å². The molecule has 9 heteroatoms. The van der Waals surface area contributed by atoms with E-state index in [1.165, 1.54) is 33.7 Å². The quantitative estimate of drug-likeness (QED) is 0.201. The number of halogens is 4. The number of rotatable bonds is 6. The number of benzene rings is 2. The standard InChI is InChI=1S/C29H35N2O2.BF4/c1-24-8-12-26(13-9-24)28(30-16-20-32-21-17-30)6-4-3-5-7-29(31-18-22-33-23-19-31)27-14-10-25(2)11-15-27;2-1(3,4)5/h3-15H,16-23H2,1-2H3;/q+1;-1. The summed E-state index contributed by atoms with van der Waals surface area (Å²) in [6.07, 6.45) is 10.9. The van der Waals surface area contributed by atoms with Crippen LogP contribution in [0.5, 0.6) is 0 Å². The van der Waals surface area contributed by atoms with Crippen LogP contribution in [0.4, 0.5) is 17.3 Å². The van der Waals surface area contributed by atoms with Crippen LogP contribution >= 0.6 is 0 Å². The van der Waals surface area contributed by atoms with E-state index >= 15 is 0 Å². The summed E-state index contributed by atoms with van der Waals surface area (Å²) < 4.78 is 52.6. The molecule has 204 valence electrons. The number of aryl methyl sites for hydroxylation is 2. The lowest BCUT2D eigenvalue weighted by Crippen LogP contribution is -2.34. The Morgan fingerprint density at radius 3 is 1.79 bits per heavy atom. The Morgan fingerprint density at radius 2 is 1.24 bits per heavy atom. The molecule has 4 rings (SSSR count). The van der Waals surface area contributed by atoms with E-state index in [0.717, 1.165) is 52.6 Å². The van der Waals surface area contributed by atoms with E-state index in [2.05, 4.69) is 102 Å². The van der Waals surface area contributed by atoms with Gasteiger partial charge in [-0.1, -0.05) is 65.8 Å². The molecule has 2 aliphatic heterocycles. The highest BCUT2D eigenvalue weighted by atomic mass is 19.5. The van der Waals surface area contributed by atoms with Crippen molar-refractivity contribution in [2.45, 2.75) is 13.8 Å². The number of hydrogen-bond acceptors (Lipinski definition) is 3. The molecule has 0 unspecified atom stereocenters. The predicted octanol–water partition coefficient (Wildman–Crippen LogP) is 5.92. The van der Waals surface area contributed by atoms with Gasteiger partial charge in [-0.2, -0.15) is 0 Å². The normalized spacial score (nSPS) is 17.1. The average Bonchev–Trinajstić information content (AvgIpc) is 2.90. The van der Waals surface area contributed by atoms with E-state index in [-0.39, 0.29) is 0 Å². The van der Waals surface area contributed by atoms with Crippen LogP contribution < -0.4 is 0 Å². The minimum Gasteiger partial charge on any atom is -0.418 e. The summed E-state index contributed by atoms with van der Waals surface area (Å²) in [6, 6.07) is 17.6. The maximum Gasteiger partial charge on any atom is 0.673 e. The van der Waals surface area contributed by atoms with Gasteiger partial charge in [-0.25, -0.2) is 4.58 Å². The first-order valence-electron chi connectivity index (χ1n) is 12.8. The second-order valence-corrected chi connectivity index (χ2v) is 9.11. The van der Waals surface area contributed by atoms with Gasteiger partial charge in [0.1, 0.15) is 13.2 Å². The second kappa shape index (κ2) is 14.7. The summed E-state index contributed by atoms with van der Waals surface area (Å²) in [5, 5.41) is 0. The van der Waals surface area contributed by atoms with Crippen LogP contribution in [0.2, 0.25) is 0 Å². The average molecular weight is 530 g/mol. The summed E-state index contributed by atoms with van der Waals surface area (Å²) in [7, 11) is -6.00. The molecule has 0 aliphatic carbocycles. The first kappa shape index (κ1) is 29.4. The van der Waals surface area contributed by atoms with E-state index in [9.17, 15) is 17.3 Å². The van der Waals surface area contributed by atoms with Crippen molar-refractivity contribution in [2.75, 3.05) is 52.6 Å². The third kappa shape index (κ3) is 10.3. The van der Waals surface area contributed by atoms with E-state index in [1.54, 1.807) is 0 Å². The van der Waals surface area contributed by atoms with Crippen LogP contribution in [-0.4, -0.2) is 75.0 Å². The molecule has 0 N–H and O–H groups in total. The van der Waals surface area contributed by atoms with Gasteiger partial charge in [0, 0.05) is 30.4 Å². The van der Waals surface area contributed by atoms with Crippen LogP contribution in [0.15, 0.2) is 78.9 Å². The number of morpholine rings is 2. The SMILES string of the molecule is Cc1ccc(C(=CC=CC=CC(c2ccc(C)cc2)=[N+]2CCOCC2)N2CCOCC2)cc1.F[B-](F)(F)F. The molecule has 0 radical (unpaired) electrons. The van der Waals surface area contributed by atoms with Crippen molar-refractivity contribution in [3.63, 3.8) is 0 Å². The molecule has 4 nitrogen and oxygen atoms in total. The molecule has 2 saturated heterocycles. The number of allylic oxidation sites excluding steroid dienone is 5. The second-order valence-electron chi connectivity index (χ2n) is 9.11. The maximum atomic E-state index is 9.75. The van der Waals surface area contributed by atoms with Crippen LogP contribution in [0.1, 0.15) is 22.3 Å². The fourth-order valence-corrected chi connectivity index (χ4v) is 4.18. The molecule has 38 heavy (non-hydrogen) atoms. The summed E-state index contributed by atoms with van der Waals surface area (Å²) in [5.74, 6) is 0. The van der Waals surface area contributed by atoms with E-state index in [1.807, 2.05) is 0 Å². The van der Waals surface area contributed by atoms with E-state index < -0.39 is 7.25 Å². The van der Waals surface area contributed by atoms with Gasteiger partial charge in [0.15, 0.2) is 13.1 Å². The van der Waals surface area contributed by atoms with Crippen LogP contribution in [0.3, 0.4) is 0 Å². The molecular formula is C29H35BF4N2O2. The highest BCUT2D eigenvalue weighted by Crippen LogP contribution is 2.21. The van der Waals surface area contributed by atoms with Gasteiger partial charge in [0.2, 0.25) is 5.71 Å². The van der Waals surface area contributed by atoms with Crippen molar-refractivity contribution in [3.05, 3.63) is 101 Å². The van der Waals surface area contributed by atoms with Crippen LogP contribution in [0, 0.1) is 13.8 Å². The van der Waals surface area contributed by atoms with E-state index in [4.69, 9.17) is 9.47 Å². The molecule has 0 aromatic heterocycles. The highest BCUT2D eigenvalue weighted by molar-refractivity contribution is 6.50. The van der Waals surface area contributed by atoms with Crippen molar-refractivity contribution in [2.24, 2.45) is 0 Å². The topological polar surface area (TPSA) is 24.7 Å². The Hall–Kier alpha value is -3.17. The number of ether oxygens (including phenoxy) is 2. The molecular weight excluding hydrogens is 495 g/mol. The van der Waals surface area contributed by atoms with E-state index in [0.29, 0.717) is 0 Å². The summed E-state index contributed by atoms with van der Waals surface area (Å²) >= 11 is 0. The van der Waals surface area contributed by atoms with Gasteiger partial charge in [-0.05, 0) is 37.6 Å². The van der Waals surface area contributed by atoms with Gasteiger partial charge in [-0.3, -0.25) is 0 Å². The zero-order chi connectivity index (χ0) is 27.4. The van der Waals surface area contributed by atoms with Crippen molar-refractivity contribution in [1.29, 1.82) is 0 Å². The molecule has 0 bridgehead atoms. The lowest BCUT2D eigenvalue weighted by Gasteiger charge is -2.31. The monoisotopic (exact) mass is 530 g/mol. The van der Waals surface area contributed by atoms with Gasteiger partial charge >= 0.3 is 7.25 Å². The molecule has 2 fully saturated rings. The smallest absolute Gasteiger partial charge is 0.418 e. The molecule has 2 aliphatic rings. The summed E-state index contributed by atoms with van der Waals surface area (Å²) in [4.78, 5) is 2.42. The van der Waals surface area contributed by atoms with Gasteiger partial charge in [-0.15, -0.1) is 0 Å². The minimum absolute atomic E-state index is 0.779. The lowest BCUT2D eigenvalue weighted by molar-refractivity contribution is -0.548. The van der Waals surface area contributed by atoms with Gasteiger partial charge in [0.25, 0.3) is 0 Å². The molecule has 2 aromatic carbocycles. The largest absolute Gasteiger partial charge is 0.673 e. The highest BCUT2D eigenvalue weighted by Gasteiger charge is 2.21. The molecule has 0 atom stereocenters. The zero-order valence-electron chi connectivity index (χ0n) is 22.0. The lowest BCUT2D eigenvalue weighted by atomic mass is 10.1. The minimum atomic E-state index is -6.00.